The van der Waals surface area contributed by atoms with E-state index in [9.17, 15) is 13.2 Å². The van der Waals surface area contributed by atoms with E-state index >= 15 is 0 Å². The molecule has 0 bridgehead atoms. The first-order valence-corrected chi connectivity index (χ1v) is 8.04. The van der Waals surface area contributed by atoms with Gasteiger partial charge in [-0.15, -0.1) is 0 Å². The number of aryl methyl sites for hydroxylation is 1. The summed E-state index contributed by atoms with van der Waals surface area (Å²) in [6.45, 7) is 7.16. The molecule has 0 fully saturated rings. The summed E-state index contributed by atoms with van der Waals surface area (Å²) in [5.41, 5.74) is 1.20. The van der Waals surface area contributed by atoms with Gasteiger partial charge >= 0.3 is 5.97 Å². The highest BCUT2D eigenvalue weighted by atomic mass is 32.2. The van der Waals surface area contributed by atoms with Gasteiger partial charge in [0.2, 0.25) is 10.0 Å². The molecule has 1 rings (SSSR count). The minimum absolute atomic E-state index is 0.0170. The molecule has 5 nitrogen and oxygen atoms in total. The molecule has 112 valence electrons. The smallest absolute Gasteiger partial charge is 0.335 e. The van der Waals surface area contributed by atoms with Gasteiger partial charge in [-0.05, 0) is 50.5 Å². The van der Waals surface area contributed by atoms with E-state index in [1.807, 2.05) is 6.92 Å². The number of sulfonamides is 1. The minimum Gasteiger partial charge on any atom is -0.478 e. The lowest BCUT2D eigenvalue weighted by Crippen LogP contribution is -2.33. The summed E-state index contributed by atoms with van der Waals surface area (Å²) in [7, 11) is -3.70. The van der Waals surface area contributed by atoms with Crippen LogP contribution in [-0.2, 0) is 10.0 Å². The van der Waals surface area contributed by atoms with E-state index in [1.165, 1.54) is 12.1 Å². The van der Waals surface area contributed by atoms with Gasteiger partial charge in [0.05, 0.1) is 10.5 Å². The topological polar surface area (TPSA) is 83.5 Å². The van der Waals surface area contributed by atoms with Crippen molar-refractivity contribution in [3.8, 4) is 0 Å². The van der Waals surface area contributed by atoms with E-state index < -0.39 is 16.0 Å². The molecule has 0 aliphatic heterocycles. The fourth-order valence-electron chi connectivity index (χ4n) is 2.05. The minimum atomic E-state index is -3.70. The Morgan fingerprint density at radius 3 is 2.45 bits per heavy atom. The summed E-state index contributed by atoms with van der Waals surface area (Å²) in [6, 6.07) is 2.51. The van der Waals surface area contributed by atoms with E-state index in [0.717, 1.165) is 12.8 Å². The monoisotopic (exact) mass is 299 g/mol. The average Bonchev–Trinajstić information content (AvgIpc) is 2.31. The van der Waals surface area contributed by atoms with Crippen molar-refractivity contribution < 1.29 is 18.3 Å². The van der Waals surface area contributed by atoms with E-state index in [0.29, 0.717) is 11.1 Å². The first-order valence-electron chi connectivity index (χ1n) is 6.56. The number of nitrogens with one attached hydrogen (secondary N) is 1. The SMILES string of the molecule is CCCC(C)NS(=O)(=O)c1cc(C(=O)O)cc(C)c1C. The van der Waals surface area contributed by atoms with E-state index in [-0.39, 0.29) is 16.5 Å². The zero-order valence-electron chi connectivity index (χ0n) is 12.2. The molecule has 1 unspecified atom stereocenters. The highest BCUT2D eigenvalue weighted by Crippen LogP contribution is 2.21. The molecule has 0 radical (unpaired) electrons. The Labute approximate surface area is 120 Å². The summed E-state index contributed by atoms with van der Waals surface area (Å²) in [5, 5.41) is 9.04. The third-order valence-electron chi connectivity index (χ3n) is 3.23. The molecule has 0 spiro atoms. The molecule has 1 aromatic carbocycles. The van der Waals surface area contributed by atoms with Crippen molar-refractivity contribution in [3.05, 3.63) is 28.8 Å². The van der Waals surface area contributed by atoms with Crippen molar-refractivity contribution in [2.24, 2.45) is 0 Å². The van der Waals surface area contributed by atoms with Crippen LogP contribution in [0.2, 0.25) is 0 Å². The quantitative estimate of drug-likeness (QED) is 0.845. The second-order valence-corrected chi connectivity index (χ2v) is 6.71. The van der Waals surface area contributed by atoms with Crippen molar-refractivity contribution >= 4 is 16.0 Å². The summed E-state index contributed by atoms with van der Waals surface area (Å²) < 4.78 is 27.3. The van der Waals surface area contributed by atoms with Crippen LogP contribution in [0.25, 0.3) is 0 Å². The predicted octanol–water partition coefficient (Wildman–Crippen LogP) is 2.47. The summed E-state index contributed by atoms with van der Waals surface area (Å²) >= 11 is 0. The molecule has 20 heavy (non-hydrogen) atoms. The predicted molar refractivity (Wildman–Crippen MR) is 77.6 cm³/mol. The van der Waals surface area contributed by atoms with Gasteiger partial charge in [0, 0.05) is 6.04 Å². The number of carbonyl (C=O) groups is 1. The number of carboxylic acid groups (broad SMARTS) is 1. The van der Waals surface area contributed by atoms with E-state index in [1.54, 1.807) is 20.8 Å². The lowest BCUT2D eigenvalue weighted by Gasteiger charge is -2.16. The Hall–Kier alpha value is -1.40. The number of carboxylic acids is 1. The number of hydrogen-bond donors (Lipinski definition) is 2. The Balaban J connectivity index is 3.27. The molecule has 0 heterocycles. The largest absolute Gasteiger partial charge is 0.478 e. The molecule has 1 atom stereocenters. The maximum atomic E-state index is 12.4. The Bertz CT molecular complexity index is 608. The summed E-state index contributed by atoms with van der Waals surface area (Å²) in [5.74, 6) is -1.13. The fraction of sp³-hybridized carbons (Fsp3) is 0.500. The molecule has 6 heteroatoms. The second kappa shape index (κ2) is 6.37. The fourth-order valence-corrected chi connectivity index (χ4v) is 3.67. The van der Waals surface area contributed by atoms with Crippen molar-refractivity contribution in [3.63, 3.8) is 0 Å². The maximum Gasteiger partial charge on any atom is 0.335 e. The normalized spacial score (nSPS) is 13.2. The second-order valence-electron chi connectivity index (χ2n) is 5.03. The van der Waals surface area contributed by atoms with Gasteiger partial charge in [0.15, 0.2) is 0 Å². The number of rotatable bonds is 6. The van der Waals surface area contributed by atoms with Gasteiger partial charge in [-0.3, -0.25) is 0 Å². The van der Waals surface area contributed by atoms with E-state index in [2.05, 4.69) is 4.72 Å². The van der Waals surface area contributed by atoms with Crippen LogP contribution in [0, 0.1) is 13.8 Å². The lowest BCUT2D eigenvalue weighted by molar-refractivity contribution is 0.0696. The van der Waals surface area contributed by atoms with Gasteiger partial charge in [-0.1, -0.05) is 13.3 Å². The number of hydrogen-bond acceptors (Lipinski definition) is 3. The van der Waals surface area contributed by atoms with Gasteiger partial charge < -0.3 is 5.11 Å². The van der Waals surface area contributed by atoms with Gasteiger partial charge in [0.25, 0.3) is 0 Å². The first-order chi connectivity index (χ1) is 9.19. The highest BCUT2D eigenvalue weighted by molar-refractivity contribution is 7.89. The van der Waals surface area contributed by atoms with Crippen molar-refractivity contribution in [2.45, 2.75) is 51.5 Å². The van der Waals surface area contributed by atoms with Crippen molar-refractivity contribution in [1.82, 2.24) is 4.72 Å². The molecule has 2 N–H and O–H groups in total. The van der Waals surface area contributed by atoms with Gasteiger partial charge in [-0.2, -0.15) is 0 Å². The third-order valence-corrected chi connectivity index (χ3v) is 4.95. The zero-order chi connectivity index (χ0) is 15.5. The van der Waals surface area contributed by atoms with Crippen LogP contribution >= 0.6 is 0 Å². The number of aromatic carboxylic acids is 1. The first kappa shape index (κ1) is 16.7. The van der Waals surface area contributed by atoms with Crippen LogP contribution in [0.3, 0.4) is 0 Å². The van der Waals surface area contributed by atoms with Crippen molar-refractivity contribution in [2.75, 3.05) is 0 Å². The average molecular weight is 299 g/mol. The van der Waals surface area contributed by atoms with Crippen LogP contribution in [0.5, 0.6) is 0 Å². The summed E-state index contributed by atoms with van der Waals surface area (Å²) in [4.78, 5) is 11.1. The van der Waals surface area contributed by atoms with Crippen LogP contribution in [-0.4, -0.2) is 25.5 Å². The molecule has 0 aliphatic carbocycles. The van der Waals surface area contributed by atoms with Crippen molar-refractivity contribution in [1.29, 1.82) is 0 Å². The molecule has 0 aromatic heterocycles. The zero-order valence-corrected chi connectivity index (χ0v) is 13.0. The Kier molecular flexibility index (Phi) is 5.30. The molecular weight excluding hydrogens is 278 g/mol. The Morgan fingerprint density at radius 2 is 1.95 bits per heavy atom. The molecule has 0 amide bonds. The van der Waals surface area contributed by atoms with Crippen LogP contribution < -0.4 is 4.72 Å². The van der Waals surface area contributed by atoms with Gasteiger partial charge in [0.1, 0.15) is 0 Å². The summed E-state index contributed by atoms with van der Waals surface area (Å²) in [6.07, 6.45) is 1.60. The highest BCUT2D eigenvalue weighted by Gasteiger charge is 2.22. The van der Waals surface area contributed by atoms with E-state index in [4.69, 9.17) is 5.11 Å². The standard InChI is InChI=1S/C14H21NO4S/c1-5-6-10(3)15-20(18,19)13-8-12(14(16)17)7-9(2)11(13)4/h7-8,10,15H,5-6H2,1-4H3,(H,16,17). The third kappa shape index (κ3) is 3.80. The molecule has 0 saturated carbocycles. The molecule has 0 saturated heterocycles. The van der Waals surface area contributed by atoms with Crippen LogP contribution in [0.15, 0.2) is 17.0 Å². The van der Waals surface area contributed by atoms with Gasteiger partial charge in [-0.25, -0.2) is 17.9 Å². The Morgan fingerprint density at radius 1 is 1.35 bits per heavy atom. The molecule has 0 aliphatic rings. The maximum absolute atomic E-state index is 12.4. The lowest BCUT2D eigenvalue weighted by atomic mass is 10.1. The number of benzene rings is 1. The molecular formula is C14H21NO4S. The molecule has 1 aromatic rings. The van der Waals surface area contributed by atoms with Crippen LogP contribution in [0.1, 0.15) is 48.2 Å². The van der Waals surface area contributed by atoms with Crippen LogP contribution in [0.4, 0.5) is 0 Å².